The van der Waals surface area contributed by atoms with E-state index in [0.717, 1.165) is 32.5 Å². The number of rotatable bonds is 8. The average Bonchev–Trinajstić information content (AvgIpc) is 2.41. The van der Waals surface area contributed by atoms with Gasteiger partial charge in [-0.3, -0.25) is 14.5 Å². The van der Waals surface area contributed by atoms with Crippen LogP contribution in [0.25, 0.3) is 0 Å². The zero-order chi connectivity index (χ0) is 14.1. The van der Waals surface area contributed by atoms with Crippen molar-refractivity contribution < 1.29 is 14.7 Å². The fourth-order valence-corrected chi connectivity index (χ4v) is 2.38. The van der Waals surface area contributed by atoms with Crippen molar-refractivity contribution >= 4 is 11.9 Å². The summed E-state index contributed by atoms with van der Waals surface area (Å²) in [5, 5.41) is 14.6. The lowest BCUT2D eigenvalue weighted by Gasteiger charge is -2.33. The van der Waals surface area contributed by atoms with Gasteiger partial charge in [-0.1, -0.05) is 6.92 Å². The second kappa shape index (κ2) is 8.87. The van der Waals surface area contributed by atoms with Crippen molar-refractivity contribution in [2.75, 3.05) is 32.7 Å². The summed E-state index contributed by atoms with van der Waals surface area (Å²) in [5.41, 5.74) is 0. The maximum atomic E-state index is 11.8. The quantitative estimate of drug-likeness (QED) is 0.543. The third kappa shape index (κ3) is 6.54. The highest BCUT2D eigenvalue weighted by atomic mass is 16.4. The van der Waals surface area contributed by atoms with Gasteiger partial charge < -0.3 is 15.7 Å². The van der Waals surface area contributed by atoms with Crippen molar-refractivity contribution in [3.8, 4) is 0 Å². The molecule has 1 fully saturated rings. The molecule has 1 aliphatic rings. The summed E-state index contributed by atoms with van der Waals surface area (Å²) in [5.74, 6) is -0.829. The number of amides is 1. The molecule has 1 amide bonds. The molecule has 110 valence electrons. The molecule has 0 atom stereocenters. The minimum atomic E-state index is -0.820. The second-order valence-corrected chi connectivity index (χ2v) is 4.89. The van der Waals surface area contributed by atoms with Crippen LogP contribution in [0.4, 0.5) is 0 Å². The van der Waals surface area contributed by atoms with Crippen LogP contribution in [0, 0.1) is 0 Å². The maximum absolute atomic E-state index is 11.8. The van der Waals surface area contributed by atoms with E-state index in [1.165, 1.54) is 0 Å². The van der Waals surface area contributed by atoms with Crippen LogP contribution < -0.4 is 10.6 Å². The van der Waals surface area contributed by atoms with Gasteiger partial charge in [0.1, 0.15) is 0 Å². The highest BCUT2D eigenvalue weighted by Crippen LogP contribution is 2.10. The Bertz CT molecular complexity index is 291. The van der Waals surface area contributed by atoms with Gasteiger partial charge >= 0.3 is 5.97 Å². The van der Waals surface area contributed by atoms with Crippen LogP contribution in [0.5, 0.6) is 0 Å². The molecule has 0 saturated carbocycles. The number of likely N-dealkylation sites (N-methyl/N-ethyl adjacent to an activating group) is 1. The van der Waals surface area contributed by atoms with E-state index in [-0.39, 0.29) is 12.3 Å². The fourth-order valence-electron chi connectivity index (χ4n) is 2.38. The number of hydrogen-bond acceptors (Lipinski definition) is 4. The van der Waals surface area contributed by atoms with E-state index in [0.29, 0.717) is 25.6 Å². The monoisotopic (exact) mass is 271 g/mol. The zero-order valence-electron chi connectivity index (χ0n) is 11.7. The van der Waals surface area contributed by atoms with E-state index < -0.39 is 5.97 Å². The zero-order valence-corrected chi connectivity index (χ0v) is 11.7. The summed E-state index contributed by atoms with van der Waals surface area (Å²) in [4.78, 5) is 24.3. The van der Waals surface area contributed by atoms with Crippen molar-refractivity contribution in [2.24, 2.45) is 0 Å². The molecule has 3 N–H and O–H groups in total. The normalized spacial score (nSPS) is 16.5. The Morgan fingerprint density at radius 2 is 2.05 bits per heavy atom. The number of nitrogens with zero attached hydrogens (tertiary/aromatic N) is 1. The third-order valence-electron chi connectivity index (χ3n) is 3.47. The summed E-state index contributed by atoms with van der Waals surface area (Å²) in [6, 6.07) is 0.482. The van der Waals surface area contributed by atoms with Gasteiger partial charge in [0.25, 0.3) is 0 Å². The van der Waals surface area contributed by atoms with Crippen LogP contribution in [-0.2, 0) is 9.59 Å². The highest BCUT2D eigenvalue weighted by Gasteiger charge is 2.21. The van der Waals surface area contributed by atoms with Gasteiger partial charge in [0, 0.05) is 19.0 Å². The van der Waals surface area contributed by atoms with E-state index in [1.807, 2.05) is 0 Å². The van der Waals surface area contributed by atoms with Crippen molar-refractivity contribution in [2.45, 2.75) is 38.6 Å². The van der Waals surface area contributed by atoms with Crippen LogP contribution >= 0.6 is 0 Å². The summed E-state index contributed by atoms with van der Waals surface area (Å²) < 4.78 is 0. The van der Waals surface area contributed by atoms with Crippen LogP contribution in [0.2, 0.25) is 0 Å². The molecule has 0 aromatic rings. The van der Waals surface area contributed by atoms with Gasteiger partial charge in [-0.2, -0.15) is 0 Å². The molecule has 0 aliphatic carbocycles. The number of carboxylic acids is 1. The first-order chi connectivity index (χ1) is 9.13. The van der Waals surface area contributed by atoms with Crippen molar-refractivity contribution in [3.05, 3.63) is 0 Å². The number of carbonyl (C=O) groups excluding carboxylic acids is 1. The molecule has 6 nitrogen and oxygen atoms in total. The molecule has 1 saturated heterocycles. The van der Waals surface area contributed by atoms with Crippen LogP contribution in [0.15, 0.2) is 0 Å². The Morgan fingerprint density at radius 1 is 1.37 bits per heavy atom. The van der Waals surface area contributed by atoms with Gasteiger partial charge in [0.15, 0.2) is 0 Å². The molecular formula is C13H25N3O3. The molecule has 19 heavy (non-hydrogen) atoms. The average molecular weight is 271 g/mol. The molecular weight excluding hydrogens is 246 g/mol. The number of nitrogens with one attached hydrogen (secondary N) is 2. The van der Waals surface area contributed by atoms with Crippen LogP contribution in [-0.4, -0.2) is 60.6 Å². The standard InChI is InChI=1S/C13H25N3O3/c1-2-16(11-5-8-14-9-6-11)10-12(17)15-7-3-4-13(18)19/h11,14H,2-10H2,1H3,(H,15,17)(H,18,19). The van der Waals surface area contributed by atoms with E-state index in [9.17, 15) is 9.59 Å². The lowest BCUT2D eigenvalue weighted by molar-refractivity contribution is -0.137. The van der Waals surface area contributed by atoms with Crippen LogP contribution in [0.1, 0.15) is 32.6 Å². The summed E-state index contributed by atoms with van der Waals surface area (Å²) in [6.07, 6.45) is 2.76. The fraction of sp³-hybridized carbons (Fsp3) is 0.846. The van der Waals surface area contributed by atoms with Crippen molar-refractivity contribution in [1.82, 2.24) is 15.5 Å². The maximum Gasteiger partial charge on any atom is 0.303 e. The number of aliphatic carboxylic acids is 1. The number of piperidine rings is 1. The molecule has 6 heteroatoms. The predicted molar refractivity (Wildman–Crippen MR) is 73.0 cm³/mol. The third-order valence-corrected chi connectivity index (χ3v) is 3.47. The molecule has 0 aromatic heterocycles. The van der Waals surface area contributed by atoms with E-state index in [1.54, 1.807) is 0 Å². The Labute approximate surface area is 114 Å². The number of carboxylic acid groups (broad SMARTS) is 1. The van der Waals surface area contributed by atoms with Crippen molar-refractivity contribution in [1.29, 1.82) is 0 Å². The lowest BCUT2D eigenvalue weighted by Crippen LogP contribution is -2.47. The van der Waals surface area contributed by atoms with Gasteiger partial charge in [-0.15, -0.1) is 0 Å². The summed E-state index contributed by atoms with van der Waals surface area (Å²) in [6.45, 7) is 5.82. The second-order valence-electron chi connectivity index (χ2n) is 4.89. The van der Waals surface area contributed by atoms with E-state index in [4.69, 9.17) is 5.11 Å². The van der Waals surface area contributed by atoms with Gasteiger partial charge in [-0.25, -0.2) is 0 Å². The molecule has 0 spiro atoms. The first-order valence-corrected chi connectivity index (χ1v) is 7.06. The predicted octanol–water partition coefficient (Wildman–Crippen LogP) is 0.0413. The first-order valence-electron chi connectivity index (χ1n) is 7.06. The Hall–Kier alpha value is -1.14. The smallest absolute Gasteiger partial charge is 0.303 e. The number of hydrogen-bond donors (Lipinski definition) is 3. The van der Waals surface area contributed by atoms with Gasteiger partial charge in [-0.05, 0) is 38.9 Å². The Morgan fingerprint density at radius 3 is 2.63 bits per heavy atom. The molecule has 1 aliphatic heterocycles. The minimum Gasteiger partial charge on any atom is -0.481 e. The molecule has 1 heterocycles. The van der Waals surface area contributed by atoms with E-state index in [2.05, 4.69) is 22.5 Å². The molecule has 0 aromatic carbocycles. The topological polar surface area (TPSA) is 81.7 Å². The molecule has 1 rings (SSSR count). The molecule has 0 unspecified atom stereocenters. The van der Waals surface area contributed by atoms with Crippen molar-refractivity contribution in [3.63, 3.8) is 0 Å². The van der Waals surface area contributed by atoms with Gasteiger partial charge in [0.2, 0.25) is 5.91 Å². The lowest BCUT2D eigenvalue weighted by atomic mass is 10.0. The highest BCUT2D eigenvalue weighted by molar-refractivity contribution is 5.78. The Kier molecular flexibility index (Phi) is 7.43. The van der Waals surface area contributed by atoms with Crippen LogP contribution in [0.3, 0.4) is 0 Å². The molecule has 0 radical (unpaired) electrons. The minimum absolute atomic E-state index is 0.00854. The summed E-state index contributed by atoms with van der Waals surface area (Å²) in [7, 11) is 0. The molecule has 0 bridgehead atoms. The largest absolute Gasteiger partial charge is 0.481 e. The summed E-state index contributed by atoms with van der Waals surface area (Å²) >= 11 is 0. The SMILES string of the molecule is CCN(CC(=O)NCCCC(=O)O)C1CCNCC1. The van der Waals surface area contributed by atoms with Gasteiger partial charge in [0.05, 0.1) is 6.54 Å². The number of carbonyl (C=O) groups is 2. The first kappa shape index (κ1) is 15.9. The Balaban J connectivity index is 2.22. The van der Waals surface area contributed by atoms with E-state index >= 15 is 0 Å².